The van der Waals surface area contributed by atoms with Crippen LogP contribution in [0.3, 0.4) is 0 Å². The van der Waals surface area contributed by atoms with Crippen LogP contribution in [0.1, 0.15) is 38.2 Å². The first-order valence-electron chi connectivity index (χ1n) is 7.56. The van der Waals surface area contributed by atoms with Gasteiger partial charge in [-0.15, -0.1) is 0 Å². The molecule has 112 valence electrons. The largest absolute Gasteiger partial charge is 0.377 e. The number of hydrogen-bond donors (Lipinski definition) is 1. The van der Waals surface area contributed by atoms with Crippen LogP contribution < -0.4 is 5.32 Å². The molecule has 1 aliphatic rings. The van der Waals surface area contributed by atoms with E-state index in [1.807, 2.05) is 20.2 Å². The molecule has 1 atom stereocenters. The van der Waals surface area contributed by atoms with Crippen molar-refractivity contribution in [1.29, 1.82) is 0 Å². The average molecular weight is 279 g/mol. The summed E-state index contributed by atoms with van der Waals surface area (Å²) in [5, 5.41) is 3.40. The fourth-order valence-electron chi connectivity index (χ4n) is 3.40. The fraction of sp³-hybridized carbons (Fsp3) is 0.647. The van der Waals surface area contributed by atoms with E-state index < -0.39 is 0 Å². The van der Waals surface area contributed by atoms with Gasteiger partial charge in [0, 0.05) is 13.2 Å². The van der Waals surface area contributed by atoms with Gasteiger partial charge in [-0.3, -0.25) is 0 Å². The van der Waals surface area contributed by atoms with Crippen molar-refractivity contribution in [2.24, 2.45) is 5.92 Å². The van der Waals surface area contributed by atoms with Gasteiger partial charge >= 0.3 is 0 Å². The Balaban J connectivity index is 2.13. The summed E-state index contributed by atoms with van der Waals surface area (Å²) in [6, 6.07) is 7.11. The molecule has 20 heavy (non-hydrogen) atoms. The Kier molecular flexibility index (Phi) is 5.17. The zero-order valence-corrected chi connectivity index (χ0v) is 12.8. The van der Waals surface area contributed by atoms with E-state index in [1.54, 1.807) is 12.1 Å². The summed E-state index contributed by atoms with van der Waals surface area (Å²) in [7, 11) is 3.79. The molecule has 1 N–H and O–H groups in total. The maximum absolute atomic E-state index is 13.3. The number of likely N-dealkylation sites (N-methyl/N-ethyl adjacent to an activating group) is 1. The third kappa shape index (κ3) is 3.39. The molecule has 0 aliphatic heterocycles. The maximum Gasteiger partial charge on any atom is 0.123 e. The van der Waals surface area contributed by atoms with E-state index >= 15 is 0 Å². The quantitative estimate of drug-likeness (QED) is 0.890. The normalized spacial score (nSPS) is 28.3. The van der Waals surface area contributed by atoms with Crippen molar-refractivity contribution in [3.8, 4) is 0 Å². The zero-order valence-electron chi connectivity index (χ0n) is 12.8. The van der Waals surface area contributed by atoms with E-state index in [0.717, 1.165) is 30.7 Å². The highest BCUT2D eigenvalue weighted by atomic mass is 19.1. The summed E-state index contributed by atoms with van der Waals surface area (Å²) in [6.07, 6.45) is 5.36. The van der Waals surface area contributed by atoms with Crippen LogP contribution in [0.4, 0.5) is 4.39 Å². The SMILES string of the molecule is CNC(Cc1cccc(F)c1)C1(OC)CCC(C)CC1. The van der Waals surface area contributed by atoms with E-state index in [1.165, 1.54) is 18.9 Å². The maximum atomic E-state index is 13.3. The molecule has 2 nitrogen and oxygen atoms in total. The molecule has 0 amide bonds. The molecule has 3 heteroatoms. The van der Waals surface area contributed by atoms with Gasteiger partial charge in [-0.2, -0.15) is 0 Å². The number of halogens is 1. The lowest BCUT2D eigenvalue weighted by Gasteiger charge is -2.44. The van der Waals surface area contributed by atoms with Gasteiger partial charge in [-0.25, -0.2) is 4.39 Å². The zero-order chi connectivity index (χ0) is 14.6. The van der Waals surface area contributed by atoms with Crippen LogP contribution >= 0.6 is 0 Å². The first-order valence-corrected chi connectivity index (χ1v) is 7.56. The van der Waals surface area contributed by atoms with E-state index in [4.69, 9.17) is 4.74 Å². The monoisotopic (exact) mass is 279 g/mol. The molecule has 2 rings (SSSR count). The first-order chi connectivity index (χ1) is 9.59. The highest BCUT2D eigenvalue weighted by Gasteiger charge is 2.40. The van der Waals surface area contributed by atoms with E-state index in [2.05, 4.69) is 12.2 Å². The predicted octanol–water partition coefficient (Wildman–Crippen LogP) is 3.55. The number of benzene rings is 1. The number of nitrogens with one attached hydrogen (secondary N) is 1. The van der Waals surface area contributed by atoms with Crippen molar-refractivity contribution < 1.29 is 9.13 Å². The summed E-state index contributed by atoms with van der Waals surface area (Å²) in [5.74, 6) is 0.617. The van der Waals surface area contributed by atoms with Crippen molar-refractivity contribution in [1.82, 2.24) is 5.32 Å². The Morgan fingerprint density at radius 1 is 1.40 bits per heavy atom. The van der Waals surface area contributed by atoms with Gasteiger partial charge in [0.1, 0.15) is 5.82 Å². The third-order valence-electron chi connectivity index (χ3n) is 4.84. The molecule has 1 fully saturated rings. The second-order valence-electron chi connectivity index (χ2n) is 6.13. The average Bonchev–Trinajstić information content (AvgIpc) is 2.46. The van der Waals surface area contributed by atoms with Gasteiger partial charge in [0.05, 0.1) is 5.60 Å². The summed E-state index contributed by atoms with van der Waals surface area (Å²) in [5.41, 5.74) is 0.910. The first kappa shape index (κ1) is 15.5. The molecule has 1 unspecified atom stereocenters. The molecule has 1 saturated carbocycles. The number of ether oxygens (including phenoxy) is 1. The van der Waals surface area contributed by atoms with E-state index in [-0.39, 0.29) is 17.5 Å². The minimum atomic E-state index is -0.166. The van der Waals surface area contributed by atoms with Crippen LogP contribution in [0, 0.1) is 11.7 Å². The number of hydrogen-bond acceptors (Lipinski definition) is 2. The molecular formula is C17H26FNO. The lowest BCUT2D eigenvalue weighted by molar-refractivity contribution is -0.0730. The third-order valence-corrected chi connectivity index (χ3v) is 4.84. The van der Waals surface area contributed by atoms with Crippen molar-refractivity contribution in [2.75, 3.05) is 14.2 Å². The second-order valence-corrected chi connectivity index (χ2v) is 6.13. The molecule has 1 aliphatic carbocycles. The Morgan fingerprint density at radius 2 is 2.10 bits per heavy atom. The van der Waals surface area contributed by atoms with Gasteiger partial charge in [0.2, 0.25) is 0 Å². The number of rotatable bonds is 5. The minimum Gasteiger partial charge on any atom is -0.377 e. The van der Waals surface area contributed by atoms with Crippen LogP contribution in [0.2, 0.25) is 0 Å². The van der Waals surface area contributed by atoms with Gasteiger partial charge in [-0.05, 0) is 62.8 Å². The Labute approximate surface area is 121 Å². The van der Waals surface area contributed by atoms with Crippen LogP contribution in [0.5, 0.6) is 0 Å². The second kappa shape index (κ2) is 6.68. The fourth-order valence-corrected chi connectivity index (χ4v) is 3.40. The summed E-state index contributed by atoms with van der Waals surface area (Å²) in [6.45, 7) is 2.31. The summed E-state index contributed by atoms with van der Waals surface area (Å²) in [4.78, 5) is 0. The Morgan fingerprint density at radius 3 is 2.65 bits per heavy atom. The molecular weight excluding hydrogens is 253 g/mol. The number of methoxy groups -OCH3 is 1. The molecule has 0 spiro atoms. The Hall–Kier alpha value is -0.930. The molecule has 1 aromatic carbocycles. The summed E-state index contributed by atoms with van der Waals surface area (Å²) < 4.78 is 19.3. The molecule has 1 aromatic rings. The van der Waals surface area contributed by atoms with Crippen LogP contribution in [0.15, 0.2) is 24.3 Å². The van der Waals surface area contributed by atoms with Gasteiger partial charge in [0.15, 0.2) is 0 Å². The predicted molar refractivity (Wildman–Crippen MR) is 80.3 cm³/mol. The van der Waals surface area contributed by atoms with Gasteiger partial charge in [-0.1, -0.05) is 19.1 Å². The minimum absolute atomic E-state index is 0.117. The topological polar surface area (TPSA) is 21.3 Å². The van der Waals surface area contributed by atoms with Crippen LogP contribution in [0.25, 0.3) is 0 Å². The molecule has 0 aromatic heterocycles. The highest BCUT2D eigenvalue weighted by molar-refractivity contribution is 5.19. The standard InChI is InChI=1S/C17H26FNO/c1-13-7-9-17(20-3,10-8-13)16(19-2)12-14-5-4-6-15(18)11-14/h4-6,11,13,16,19H,7-10,12H2,1-3H3. The smallest absolute Gasteiger partial charge is 0.123 e. The molecule has 0 bridgehead atoms. The van der Waals surface area contributed by atoms with Crippen molar-refractivity contribution in [3.05, 3.63) is 35.6 Å². The van der Waals surface area contributed by atoms with E-state index in [0.29, 0.717) is 0 Å². The lowest BCUT2D eigenvalue weighted by Crippen LogP contribution is -2.54. The van der Waals surface area contributed by atoms with Crippen molar-refractivity contribution in [2.45, 2.75) is 50.7 Å². The Bertz CT molecular complexity index is 427. The van der Waals surface area contributed by atoms with Crippen molar-refractivity contribution >= 4 is 0 Å². The van der Waals surface area contributed by atoms with E-state index in [9.17, 15) is 4.39 Å². The highest BCUT2D eigenvalue weighted by Crippen LogP contribution is 2.37. The van der Waals surface area contributed by atoms with Crippen molar-refractivity contribution in [3.63, 3.8) is 0 Å². The van der Waals surface area contributed by atoms with Crippen LogP contribution in [-0.2, 0) is 11.2 Å². The van der Waals surface area contributed by atoms with Gasteiger partial charge in [0.25, 0.3) is 0 Å². The van der Waals surface area contributed by atoms with Crippen LogP contribution in [-0.4, -0.2) is 25.8 Å². The molecule has 0 heterocycles. The van der Waals surface area contributed by atoms with Gasteiger partial charge < -0.3 is 10.1 Å². The molecule has 0 radical (unpaired) electrons. The lowest BCUT2D eigenvalue weighted by atomic mass is 9.74. The summed E-state index contributed by atoms with van der Waals surface area (Å²) >= 11 is 0. The molecule has 0 saturated heterocycles.